The molecule has 3 aromatic rings. The minimum atomic E-state index is -0.391. The van der Waals surface area contributed by atoms with Gasteiger partial charge in [-0.1, -0.05) is 12.1 Å². The monoisotopic (exact) mass is 325 g/mol. The predicted molar refractivity (Wildman–Crippen MR) is 92.4 cm³/mol. The van der Waals surface area contributed by atoms with Crippen molar-refractivity contribution in [2.45, 2.75) is 11.4 Å². The Labute approximate surface area is 137 Å². The van der Waals surface area contributed by atoms with Gasteiger partial charge < -0.3 is 14.4 Å². The van der Waals surface area contributed by atoms with E-state index in [9.17, 15) is 9.90 Å². The van der Waals surface area contributed by atoms with Crippen LogP contribution in [0.3, 0.4) is 0 Å². The topological polar surface area (TPSA) is 53.7 Å². The summed E-state index contributed by atoms with van der Waals surface area (Å²) in [4.78, 5) is 15.4. The zero-order chi connectivity index (χ0) is 15.8. The van der Waals surface area contributed by atoms with Gasteiger partial charge in [-0.05, 0) is 29.8 Å². The van der Waals surface area contributed by atoms with Crippen molar-refractivity contribution in [2.75, 3.05) is 17.2 Å². The summed E-state index contributed by atoms with van der Waals surface area (Å²) in [5, 5.41) is 10.4. The van der Waals surface area contributed by atoms with Crippen LogP contribution >= 0.6 is 11.8 Å². The molecule has 0 saturated heterocycles. The van der Waals surface area contributed by atoms with E-state index in [2.05, 4.69) is 17.0 Å². The predicted octanol–water partition coefficient (Wildman–Crippen LogP) is 3.61. The molecule has 0 saturated carbocycles. The number of benzene rings is 2. The standard InChI is InChI=1S/C18H15NO3S/c20-13-5-6-14-12(9-18(21)22-16(14)10-13)11-19-7-8-23-17-4-2-1-3-15(17)19/h1-6,9-10,20H,7-8,11H2. The summed E-state index contributed by atoms with van der Waals surface area (Å²) in [6, 6.07) is 14.8. The minimum absolute atomic E-state index is 0.0949. The smallest absolute Gasteiger partial charge is 0.336 e. The van der Waals surface area contributed by atoms with Gasteiger partial charge in [0.15, 0.2) is 0 Å². The third-order valence-electron chi connectivity index (χ3n) is 4.00. The molecule has 0 fully saturated rings. The van der Waals surface area contributed by atoms with Crippen LogP contribution in [-0.4, -0.2) is 17.4 Å². The van der Waals surface area contributed by atoms with Gasteiger partial charge in [-0.2, -0.15) is 0 Å². The molecule has 116 valence electrons. The molecule has 0 unspecified atom stereocenters. The maximum Gasteiger partial charge on any atom is 0.336 e. The van der Waals surface area contributed by atoms with E-state index in [-0.39, 0.29) is 5.75 Å². The molecule has 1 aromatic heterocycles. The highest BCUT2D eigenvalue weighted by atomic mass is 32.2. The number of para-hydroxylation sites is 1. The van der Waals surface area contributed by atoms with Gasteiger partial charge in [0.05, 0.1) is 5.69 Å². The van der Waals surface area contributed by atoms with Crippen LogP contribution in [-0.2, 0) is 6.54 Å². The number of phenols is 1. The first kappa shape index (κ1) is 14.2. The van der Waals surface area contributed by atoms with Crippen LogP contribution in [0.5, 0.6) is 5.75 Å². The van der Waals surface area contributed by atoms with Crippen LogP contribution in [0.1, 0.15) is 5.56 Å². The lowest BCUT2D eigenvalue weighted by Gasteiger charge is -2.31. The van der Waals surface area contributed by atoms with E-state index in [1.807, 2.05) is 23.9 Å². The molecule has 1 aliphatic rings. The molecule has 0 aliphatic carbocycles. The number of rotatable bonds is 2. The summed E-state index contributed by atoms with van der Waals surface area (Å²) in [5.41, 5.74) is 2.15. The Morgan fingerprint density at radius 3 is 2.96 bits per heavy atom. The summed E-state index contributed by atoms with van der Waals surface area (Å²) in [6.45, 7) is 1.58. The molecule has 23 heavy (non-hydrogen) atoms. The highest BCUT2D eigenvalue weighted by Crippen LogP contribution is 2.35. The van der Waals surface area contributed by atoms with E-state index in [0.29, 0.717) is 12.1 Å². The second-order valence-corrected chi connectivity index (χ2v) is 6.65. The Hall–Kier alpha value is -2.40. The molecule has 4 rings (SSSR count). The van der Waals surface area contributed by atoms with Crippen LogP contribution < -0.4 is 10.5 Å². The number of aromatic hydroxyl groups is 1. The minimum Gasteiger partial charge on any atom is -0.508 e. The Balaban J connectivity index is 1.78. The molecule has 0 atom stereocenters. The van der Waals surface area contributed by atoms with E-state index in [4.69, 9.17) is 4.42 Å². The fourth-order valence-electron chi connectivity index (χ4n) is 2.95. The zero-order valence-corrected chi connectivity index (χ0v) is 13.2. The number of hydrogen-bond acceptors (Lipinski definition) is 5. The maximum absolute atomic E-state index is 11.8. The Morgan fingerprint density at radius 1 is 1.17 bits per heavy atom. The van der Waals surface area contributed by atoms with Crippen molar-refractivity contribution < 1.29 is 9.52 Å². The fourth-order valence-corrected chi connectivity index (χ4v) is 4.00. The van der Waals surface area contributed by atoms with E-state index >= 15 is 0 Å². The second kappa shape index (κ2) is 5.66. The summed E-state index contributed by atoms with van der Waals surface area (Å²) >= 11 is 1.86. The fraction of sp³-hybridized carbons (Fsp3) is 0.167. The van der Waals surface area contributed by atoms with Crippen molar-refractivity contribution in [2.24, 2.45) is 0 Å². The largest absolute Gasteiger partial charge is 0.508 e. The molecule has 0 radical (unpaired) electrons. The first-order valence-corrected chi connectivity index (χ1v) is 8.42. The average Bonchev–Trinajstić information content (AvgIpc) is 2.54. The van der Waals surface area contributed by atoms with Crippen molar-refractivity contribution >= 4 is 28.4 Å². The highest BCUT2D eigenvalue weighted by molar-refractivity contribution is 7.99. The van der Waals surface area contributed by atoms with Crippen molar-refractivity contribution in [1.29, 1.82) is 0 Å². The van der Waals surface area contributed by atoms with Crippen molar-refractivity contribution in [3.63, 3.8) is 0 Å². The Kier molecular flexibility index (Phi) is 3.50. The lowest BCUT2D eigenvalue weighted by atomic mass is 10.1. The van der Waals surface area contributed by atoms with Crippen molar-refractivity contribution in [1.82, 2.24) is 0 Å². The number of anilines is 1. The van der Waals surface area contributed by atoms with Crippen LogP contribution in [0.15, 0.2) is 62.6 Å². The van der Waals surface area contributed by atoms with E-state index in [0.717, 1.165) is 23.2 Å². The van der Waals surface area contributed by atoms with Crippen LogP contribution in [0.2, 0.25) is 0 Å². The van der Waals surface area contributed by atoms with E-state index in [1.165, 1.54) is 16.6 Å². The quantitative estimate of drug-likeness (QED) is 0.730. The molecule has 2 heterocycles. The lowest BCUT2D eigenvalue weighted by molar-refractivity contribution is 0.473. The molecule has 1 N–H and O–H groups in total. The number of nitrogens with zero attached hydrogens (tertiary/aromatic N) is 1. The average molecular weight is 325 g/mol. The van der Waals surface area contributed by atoms with Gasteiger partial charge >= 0.3 is 5.63 Å². The van der Waals surface area contributed by atoms with Gasteiger partial charge in [0.25, 0.3) is 0 Å². The van der Waals surface area contributed by atoms with Gasteiger partial charge in [-0.25, -0.2) is 4.79 Å². The van der Waals surface area contributed by atoms with Gasteiger partial charge in [-0.15, -0.1) is 11.8 Å². The first-order valence-electron chi connectivity index (χ1n) is 7.43. The normalized spacial score (nSPS) is 14.0. The zero-order valence-electron chi connectivity index (χ0n) is 12.4. The molecule has 1 aliphatic heterocycles. The van der Waals surface area contributed by atoms with Gasteiger partial charge in [-0.3, -0.25) is 0 Å². The van der Waals surface area contributed by atoms with Crippen LogP contribution in [0.4, 0.5) is 5.69 Å². The molecular formula is C18H15NO3S. The van der Waals surface area contributed by atoms with E-state index < -0.39 is 5.63 Å². The molecule has 0 spiro atoms. The lowest BCUT2D eigenvalue weighted by Crippen LogP contribution is -2.29. The number of phenolic OH excluding ortho intramolecular Hbond substituents is 1. The molecule has 0 amide bonds. The Morgan fingerprint density at radius 2 is 2.04 bits per heavy atom. The number of thioether (sulfide) groups is 1. The molecular weight excluding hydrogens is 310 g/mol. The molecule has 2 aromatic carbocycles. The van der Waals surface area contributed by atoms with Crippen molar-refractivity contribution in [3.05, 3.63) is 64.5 Å². The summed E-state index contributed by atoms with van der Waals surface area (Å²) in [7, 11) is 0. The maximum atomic E-state index is 11.8. The Bertz CT molecular complexity index is 935. The molecule has 5 heteroatoms. The second-order valence-electron chi connectivity index (χ2n) is 5.51. The van der Waals surface area contributed by atoms with Crippen LogP contribution in [0, 0.1) is 0 Å². The first-order chi connectivity index (χ1) is 11.2. The van der Waals surface area contributed by atoms with Gasteiger partial charge in [0.2, 0.25) is 0 Å². The van der Waals surface area contributed by atoms with Crippen molar-refractivity contribution in [3.8, 4) is 5.75 Å². The van der Waals surface area contributed by atoms with Crippen LogP contribution in [0.25, 0.3) is 11.0 Å². The SMILES string of the molecule is O=c1cc(CN2CCSc3ccccc32)c2ccc(O)cc2o1. The number of fused-ring (bicyclic) bond motifs is 2. The van der Waals surface area contributed by atoms with E-state index in [1.54, 1.807) is 18.2 Å². The van der Waals surface area contributed by atoms with Gasteiger partial charge in [0.1, 0.15) is 11.3 Å². The third-order valence-corrected chi connectivity index (χ3v) is 5.04. The molecule has 4 nitrogen and oxygen atoms in total. The summed E-state index contributed by atoms with van der Waals surface area (Å²) < 4.78 is 5.20. The summed E-state index contributed by atoms with van der Waals surface area (Å²) in [6.07, 6.45) is 0. The highest BCUT2D eigenvalue weighted by Gasteiger charge is 2.18. The molecule has 0 bridgehead atoms. The summed E-state index contributed by atoms with van der Waals surface area (Å²) in [5.74, 6) is 1.12. The van der Waals surface area contributed by atoms with Gasteiger partial charge in [0, 0.05) is 41.3 Å². The number of hydrogen-bond donors (Lipinski definition) is 1. The third kappa shape index (κ3) is 2.68.